The van der Waals surface area contributed by atoms with Gasteiger partial charge in [-0.2, -0.15) is 12.6 Å². The summed E-state index contributed by atoms with van der Waals surface area (Å²) in [5.74, 6) is 1.82. The van der Waals surface area contributed by atoms with E-state index in [-0.39, 0.29) is 5.41 Å². The second kappa shape index (κ2) is 7.37. The third-order valence-corrected chi connectivity index (χ3v) is 5.86. The van der Waals surface area contributed by atoms with Gasteiger partial charge in [-0.25, -0.2) is 0 Å². The molecule has 0 heterocycles. The predicted molar refractivity (Wildman–Crippen MR) is 91.3 cm³/mol. The topological polar surface area (TPSA) is 9.23 Å². The quantitative estimate of drug-likeness (QED) is 0.485. The smallest absolute Gasteiger partial charge is 0.147 e. The van der Waals surface area contributed by atoms with Crippen molar-refractivity contribution in [3.63, 3.8) is 0 Å². The van der Waals surface area contributed by atoms with Crippen molar-refractivity contribution in [1.82, 2.24) is 0 Å². The van der Waals surface area contributed by atoms with E-state index in [1.54, 1.807) is 0 Å². The molecule has 0 radical (unpaired) electrons. The summed E-state index contributed by atoms with van der Waals surface area (Å²) in [4.78, 5) is 0. The van der Waals surface area contributed by atoms with Crippen LogP contribution < -0.4 is 4.74 Å². The summed E-state index contributed by atoms with van der Waals surface area (Å²) in [6, 6.07) is 6.03. The van der Waals surface area contributed by atoms with Crippen molar-refractivity contribution < 1.29 is 4.74 Å². The van der Waals surface area contributed by atoms with Crippen molar-refractivity contribution in [1.29, 1.82) is 0 Å². The minimum absolute atomic E-state index is 0.244. The molecule has 4 heteroatoms. The first kappa shape index (κ1) is 15.7. The van der Waals surface area contributed by atoms with E-state index >= 15 is 0 Å². The van der Waals surface area contributed by atoms with Crippen LogP contribution in [0.15, 0.2) is 27.1 Å². The van der Waals surface area contributed by atoms with Gasteiger partial charge < -0.3 is 4.74 Å². The molecule has 1 nitrogen and oxygen atoms in total. The molecule has 1 aliphatic rings. The average molecular weight is 408 g/mol. The fourth-order valence-corrected chi connectivity index (χ4v) is 4.31. The van der Waals surface area contributed by atoms with Gasteiger partial charge in [-0.3, -0.25) is 0 Å². The normalized spacial score (nSPS) is 18.9. The molecule has 19 heavy (non-hydrogen) atoms. The number of hydrogen-bond donors (Lipinski definition) is 1. The number of ether oxygens (including phenoxy) is 1. The molecule has 1 aromatic carbocycles. The monoisotopic (exact) mass is 406 g/mol. The molecular weight excluding hydrogens is 388 g/mol. The van der Waals surface area contributed by atoms with E-state index in [2.05, 4.69) is 44.5 Å². The lowest BCUT2D eigenvalue weighted by atomic mass is 9.83. The summed E-state index contributed by atoms with van der Waals surface area (Å²) in [6.07, 6.45) is 7.79. The minimum Gasteiger partial charge on any atom is -0.491 e. The Hall–Kier alpha value is 0.330. The molecule has 0 bridgehead atoms. The molecular formula is C15H20Br2OS. The molecule has 0 unspecified atom stereocenters. The Morgan fingerprint density at radius 2 is 1.63 bits per heavy atom. The Balaban J connectivity index is 2.06. The second-order valence-electron chi connectivity index (χ2n) is 5.41. The largest absolute Gasteiger partial charge is 0.491 e. The van der Waals surface area contributed by atoms with Gasteiger partial charge >= 0.3 is 0 Å². The van der Waals surface area contributed by atoms with Gasteiger partial charge in [0.05, 0.1) is 15.6 Å². The summed E-state index contributed by atoms with van der Waals surface area (Å²) in [6.45, 7) is 0.762. The van der Waals surface area contributed by atoms with Gasteiger partial charge in [-0.1, -0.05) is 31.7 Å². The van der Waals surface area contributed by atoms with Crippen molar-refractivity contribution in [3.05, 3.63) is 27.1 Å². The van der Waals surface area contributed by atoms with Crippen molar-refractivity contribution >= 4 is 44.5 Å². The molecule has 0 aromatic heterocycles. The van der Waals surface area contributed by atoms with Crippen molar-refractivity contribution in [2.45, 2.75) is 38.5 Å². The highest BCUT2D eigenvalue weighted by molar-refractivity contribution is 9.11. The molecule has 0 amide bonds. The lowest BCUT2D eigenvalue weighted by Crippen LogP contribution is -2.30. The third kappa shape index (κ3) is 4.15. The van der Waals surface area contributed by atoms with Gasteiger partial charge in [0.15, 0.2) is 0 Å². The van der Waals surface area contributed by atoms with Crippen LogP contribution in [0.4, 0.5) is 0 Å². The molecule has 0 atom stereocenters. The summed E-state index contributed by atoms with van der Waals surface area (Å²) in [5.41, 5.74) is 0.244. The Morgan fingerprint density at radius 1 is 1.05 bits per heavy atom. The van der Waals surface area contributed by atoms with Crippen LogP contribution >= 0.6 is 44.5 Å². The zero-order valence-electron chi connectivity index (χ0n) is 11.0. The number of thiol groups is 1. The zero-order chi connectivity index (χ0) is 13.7. The first-order valence-electron chi connectivity index (χ1n) is 6.85. The van der Waals surface area contributed by atoms with Gasteiger partial charge in [-0.15, -0.1) is 0 Å². The highest BCUT2D eigenvalue weighted by atomic mass is 79.9. The second-order valence-corrected chi connectivity index (χ2v) is 7.44. The highest BCUT2D eigenvalue weighted by Gasteiger charge is 2.30. The van der Waals surface area contributed by atoms with Crippen molar-refractivity contribution in [2.75, 3.05) is 12.4 Å². The number of halogens is 2. The van der Waals surface area contributed by atoms with Crippen LogP contribution in [-0.2, 0) is 0 Å². The van der Waals surface area contributed by atoms with Crippen LogP contribution in [0.1, 0.15) is 38.5 Å². The lowest BCUT2D eigenvalue weighted by Gasteiger charge is -2.31. The van der Waals surface area contributed by atoms with E-state index in [1.165, 1.54) is 38.5 Å². The van der Waals surface area contributed by atoms with Gasteiger partial charge in [0.25, 0.3) is 0 Å². The lowest BCUT2D eigenvalue weighted by molar-refractivity contribution is 0.147. The van der Waals surface area contributed by atoms with E-state index in [0.717, 1.165) is 27.1 Å². The maximum atomic E-state index is 6.11. The Labute approximate surface area is 138 Å². The van der Waals surface area contributed by atoms with Crippen molar-refractivity contribution in [3.8, 4) is 5.75 Å². The fraction of sp³-hybridized carbons (Fsp3) is 0.600. The molecule has 0 aliphatic heterocycles. The maximum absolute atomic E-state index is 6.11. The van der Waals surface area contributed by atoms with Gasteiger partial charge in [0.2, 0.25) is 0 Å². The first-order valence-corrected chi connectivity index (χ1v) is 9.06. The molecule has 1 aromatic rings. The summed E-state index contributed by atoms with van der Waals surface area (Å²) < 4.78 is 8.12. The van der Waals surface area contributed by atoms with Crippen LogP contribution in [0.3, 0.4) is 0 Å². The Morgan fingerprint density at radius 3 is 2.16 bits per heavy atom. The number of hydrogen-bond acceptors (Lipinski definition) is 2. The maximum Gasteiger partial charge on any atom is 0.147 e. The summed E-state index contributed by atoms with van der Waals surface area (Å²) in [5, 5.41) is 0. The van der Waals surface area contributed by atoms with E-state index in [0.29, 0.717) is 0 Å². The van der Waals surface area contributed by atoms with Crippen molar-refractivity contribution in [2.24, 2.45) is 5.41 Å². The number of rotatable bonds is 4. The molecule has 0 saturated heterocycles. The SMILES string of the molecule is SCC1(COc2c(Br)cccc2Br)CCCCCC1. The molecule has 1 fully saturated rings. The van der Waals surface area contributed by atoms with Crippen LogP contribution in [-0.4, -0.2) is 12.4 Å². The zero-order valence-corrected chi connectivity index (χ0v) is 15.1. The van der Waals surface area contributed by atoms with Crippen LogP contribution in [0, 0.1) is 5.41 Å². The minimum atomic E-state index is 0.244. The Kier molecular flexibility index (Phi) is 6.10. The van der Waals surface area contributed by atoms with E-state index in [4.69, 9.17) is 4.74 Å². The molecule has 1 aliphatic carbocycles. The summed E-state index contributed by atoms with van der Waals surface area (Å²) in [7, 11) is 0. The molecule has 106 valence electrons. The van der Waals surface area contributed by atoms with Gasteiger partial charge in [0, 0.05) is 5.41 Å². The molecule has 0 N–H and O–H groups in total. The molecule has 2 rings (SSSR count). The van der Waals surface area contributed by atoms with Gasteiger partial charge in [-0.05, 0) is 62.6 Å². The predicted octanol–water partition coefficient (Wildman–Crippen LogP) is 5.86. The van der Waals surface area contributed by atoms with E-state index in [9.17, 15) is 0 Å². The van der Waals surface area contributed by atoms with Gasteiger partial charge in [0.1, 0.15) is 5.75 Å². The van der Waals surface area contributed by atoms with Crippen LogP contribution in [0.5, 0.6) is 5.75 Å². The summed E-state index contributed by atoms with van der Waals surface area (Å²) >= 11 is 11.7. The number of benzene rings is 1. The molecule has 0 spiro atoms. The standard InChI is InChI=1S/C15H20Br2OS/c16-12-6-5-7-13(17)14(12)18-10-15(11-19)8-3-1-2-4-9-15/h5-7,19H,1-4,8-11H2. The van der Waals surface area contributed by atoms with Crippen LogP contribution in [0.2, 0.25) is 0 Å². The highest BCUT2D eigenvalue weighted by Crippen LogP contribution is 2.39. The third-order valence-electron chi connectivity index (χ3n) is 3.94. The first-order chi connectivity index (χ1) is 9.17. The average Bonchev–Trinajstić information content (AvgIpc) is 2.64. The van der Waals surface area contributed by atoms with E-state index < -0.39 is 0 Å². The fourth-order valence-electron chi connectivity index (χ4n) is 2.67. The molecule has 1 saturated carbocycles. The Bertz CT molecular complexity index is 394. The van der Waals surface area contributed by atoms with Crippen LogP contribution in [0.25, 0.3) is 0 Å². The number of para-hydroxylation sites is 1. The van der Waals surface area contributed by atoms with E-state index in [1.807, 2.05) is 18.2 Å².